The van der Waals surface area contributed by atoms with Gasteiger partial charge in [-0.25, -0.2) is 0 Å². The Hall–Kier alpha value is -1.58. The normalized spacial score (nSPS) is 9.75. The second-order valence-electron chi connectivity index (χ2n) is 2.60. The SMILES string of the molecule is Cc1cc(N)c(CC(=O)O)cn1. The smallest absolute Gasteiger partial charge is 0.307 e. The number of hydrogen-bond donors (Lipinski definition) is 2. The van der Waals surface area contributed by atoms with Gasteiger partial charge in [-0.2, -0.15) is 0 Å². The van der Waals surface area contributed by atoms with Crippen molar-refractivity contribution >= 4 is 11.7 Å². The standard InChI is InChI=1S/C8H10N2O2/c1-5-2-7(9)6(4-10-5)3-8(11)12/h2,4H,3H2,1H3,(H2,9,10)(H,11,12). The van der Waals surface area contributed by atoms with Crippen LogP contribution in [0.2, 0.25) is 0 Å². The van der Waals surface area contributed by atoms with Gasteiger partial charge in [0.2, 0.25) is 0 Å². The fourth-order valence-corrected chi connectivity index (χ4v) is 0.920. The van der Waals surface area contributed by atoms with Gasteiger partial charge in [-0.05, 0) is 13.0 Å². The fraction of sp³-hybridized carbons (Fsp3) is 0.250. The Morgan fingerprint density at radius 1 is 1.75 bits per heavy atom. The Morgan fingerprint density at radius 3 is 2.92 bits per heavy atom. The predicted molar refractivity (Wildman–Crippen MR) is 44.7 cm³/mol. The number of aryl methyl sites for hydroxylation is 1. The van der Waals surface area contributed by atoms with Crippen LogP contribution in [-0.2, 0) is 11.2 Å². The van der Waals surface area contributed by atoms with Crippen molar-refractivity contribution in [3.05, 3.63) is 23.5 Å². The molecule has 0 aliphatic heterocycles. The molecule has 0 radical (unpaired) electrons. The van der Waals surface area contributed by atoms with Crippen LogP contribution in [0.5, 0.6) is 0 Å². The second kappa shape index (κ2) is 3.21. The van der Waals surface area contributed by atoms with Gasteiger partial charge in [-0.15, -0.1) is 0 Å². The van der Waals surface area contributed by atoms with Crippen LogP contribution in [0.3, 0.4) is 0 Å². The molecule has 0 spiro atoms. The number of carbonyl (C=O) groups is 1. The lowest BCUT2D eigenvalue weighted by Gasteiger charge is -2.01. The summed E-state index contributed by atoms with van der Waals surface area (Å²) in [6.07, 6.45) is 1.43. The van der Waals surface area contributed by atoms with Gasteiger partial charge in [0.1, 0.15) is 0 Å². The third-order valence-electron chi connectivity index (χ3n) is 1.50. The largest absolute Gasteiger partial charge is 0.481 e. The van der Waals surface area contributed by atoms with Crippen molar-refractivity contribution in [2.45, 2.75) is 13.3 Å². The molecule has 1 rings (SSSR count). The van der Waals surface area contributed by atoms with Crippen LogP contribution in [0.1, 0.15) is 11.3 Å². The van der Waals surface area contributed by atoms with E-state index in [1.54, 1.807) is 13.0 Å². The summed E-state index contributed by atoms with van der Waals surface area (Å²) in [5, 5.41) is 8.48. The molecule has 1 aromatic rings. The van der Waals surface area contributed by atoms with E-state index in [4.69, 9.17) is 10.8 Å². The fourth-order valence-electron chi connectivity index (χ4n) is 0.920. The van der Waals surface area contributed by atoms with Gasteiger partial charge < -0.3 is 10.8 Å². The Morgan fingerprint density at radius 2 is 2.42 bits per heavy atom. The van der Waals surface area contributed by atoms with E-state index in [1.165, 1.54) is 6.20 Å². The summed E-state index contributed by atoms with van der Waals surface area (Å²) in [6.45, 7) is 1.81. The minimum Gasteiger partial charge on any atom is -0.481 e. The van der Waals surface area contributed by atoms with Crippen LogP contribution in [0.4, 0.5) is 5.69 Å². The third-order valence-corrected chi connectivity index (χ3v) is 1.50. The van der Waals surface area contributed by atoms with Crippen molar-refractivity contribution in [3.8, 4) is 0 Å². The highest BCUT2D eigenvalue weighted by Crippen LogP contribution is 2.11. The van der Waals surface area contributed by atoms with E-state index < -0.39 is 5.97 Å². The number of aromatic nitrogens is 1. The molecule has 12 heavy (non-hydrogen) atoms. The van der Waals surface area contributed by atoms with Gasteiger partial charge in [0, 0.05) is 23.1 Å². The van der Waals surface area contributed by atoms with E-state index in [0.717, 1.165) is 5.69 Å². The van der Waals surface area contributed by atoms with E-state index in [0.29, 0.717) is 11.3 Å². The minimum absolute atomic E-state index is 0.0703. The first-order chi connectivity index (χ1) is 5.59. The molecule has 3 N–H and O–H groups in total. The molecule has 0 saturated heterocycles. The molecule has 1 aromatic heterocycles. The quantitative estimate of drug-likeness (QED) is 0.674. The van der Waals surface area contributed by atoms with Crippen LogP contribution in [0.15, 0.2) is 12.3 Å². The van der Waals surface area contributed by atoms with Crippen molar-refractivity contribution in [1.82, 2.24) is 4.98 Å². The zero-order valence-electron chi connectivity index (χ0n) is 6.74. The van der Waals surface area contributed by atoms with Crippen LogP contribution in [-0.4, -0.2) is 16.1 Å². The van der Waals surface area contributed by atoms with Crippen LogP contribution in [0.25, 0.3) is 0 Å². The molecule has 4 nitrogen and oxygen atoms in total. The summed E-state index contributed by atoms with van der Waals surface area (Å²) in [5.74, 6) is -0.896. The first kappa shape index (κ1) is 8.52. The van der Waals surface area contributed by atoms with Crippen LogP contribution >= 0.6 is 0 Å². The summed E-state index contributed by atoms with van der Waals surface area (Å²) >= 11 is 0. The van der Waals surface area contributed by atoms with E-state index in [1.807, 2.05) is 0 Å². The lowest BCUT2D eigenvalue weighted by atomic mass is 10.1. The molecule has 1 heterocycles. The zero-order valence-corrected chi connectivity index (χ0v) is 6.74. The number of aliphatic carboxylic acids is 1. The van der Waals surface area contributed by atoms with Crippen LogP contribution < -0.4 is 5.73 Å². The number of nitrogen functional groups attached to an aromatic ring is 1. The maximum absolute atomic E-state index is 10.3. The Bertz CT molecular complexity index is 310. The molecule has 0 atom stereocenters. The Labute approximate surface area is 70.0 Å². The summed E-state index contributed by atoms with van der Waals surface area (Å²) in [5.41, 5.74) is 7.41. The van der Waals surface area contributed by atoms with Crippen LogP contribution in [0, 0.1) is 6.92 Å². The maximum Gasteiger partial charge on any atom is 0.307 e. The predicted octanol–water partition coefficient (Wildman–Crippen LogP) is 0.599. The lowest BCUT2D eigenvalue weighted by Crippen LogP contribution is -2.04. The molecule has 0 aliphatic carbocycles. The van der Waals surface area contributed by atoms with E-state index in [2.05, 4.69) is 4.98 Å². The average molecular weight is 166 g/mol. The van der Waals surface area contributed by atoms with Gasteiger partial charge in [-0.3, -0.25) is 9.78 Å². The molecule has 0 bridgehead atoms. The molecule has 0 aliphatic rings. The van der Waals surface area contributed by atoms with E-state index in [-0.39, 0.29) is 6.42 Å². The van der Waals surface area contributed by atoms with Gasteiger partial charge >= 0.3 is 5.97 Å². The Kier molecular flexibility index (Phi) is 2.28. The highest BCUT2D eigenvalue weighted by atomic mass is 16.4. The van der Waals surface area contributed by atoms with Crippen molar-refractivity contribution < 1.29 is 9.90 Å². The lowest BCUT2D eigenvalue weighted by molar-refractivity contribution is -0.136. The number of carboxylic acids is 1. The van der Waals surface area contributed by atoms with E-state index in [9.17, 15) is 4.79 Å². The summed E-state index contributed by atoms with van der Waals surface area (Å²) in [4.78, 5) is 14.3. The molecule has 64 valence electrons. The summed E-state index contributed by atoms with van der Waals surface area (Å²) in [7, 11) is 0. The first-order valence-corrected chi connectivity index (χ1v) is 3.52. The van der Waals surface area contributed by atoms with Crippen molar-refractivity contribution in [3.63, 3.8) is 0 Å². The molecule has 0 aromatic carbocycles. The topological polar surface area (TPSA) is 76.2 Å². The number of carboxylic acid groups (broad SMARTS) is 1. The van der Waals surface area contributed by atoms with Crippen molar-refractivity contribution in [1.29, 1.82) is 0 Å². The molecule has 0 unspecified atom stereocenters. The molecule has 4 heteroatoms. The van der Waals surface area contributed by atoms with Crippen molar-refractivity contribution in [2.24, 2.45) is 0 Å². The highest BCUT2D eigenvalue weighted by Gasteiger charge is 2.04. The molecule has 0 amide bonds. The van der Waals surface area contributed by atoms with Gasteiger partial charge in [0.15, 0.2) is 0 Å². The molecular weight excluding hydrogens is 156 g/mol. The maximum atomic E-state index is 10.3. The average Bonchev–Trinajstić information content (AvgIpc) is 1.94. The number of pyridine rings is 1. The zero-order chi connectivity index (χ0) is 9.14. The molecule has 0 fully saturated rings. The molecular formula is C8H10N2O2. The highest BCUT2D eigenvalue weighted by molar-refractivity contribution is 5.72. The molecule has 0 saturated carbocycles. The minimum atomic E-state index is -0.896. The Balaban J connectivity index is 2.93. The summed E-state index contributed by atoms with van der Waals surface area (Å²) < 4.78 is 0. The number of anilines is 1. The van der Waals surface area contributed by atoms with Crippen molar-refractivity contribution in [2.75, 3.05) is 5.73 Å². The van der Waals surface area contributed by atoms with Gasteiger partial charge in [-0.1, -0.05) is 0 Å². The summed E-state index contributed by atoms with van der Waals surface area (Å²) in [6, 6.07) is 1.66. The van der Waals surface area contributed by atoms with E-state index >= 15 is 0 Å². The first-order valence-electron chi connectivity index (χ1n) is 3.52. The third kappa shape index (κ3) is 1.95. The second-order valence-corrected chi connectivity index (χ2v) is 2.60. The number of hydrogen-bond acceptors (Lipinski definition) is 3. The monoisotopic (exact) mass is 166 g/mol. The number of nitrogens with two attached hydrogens (primary N) is 1. The van der Waals surface area contributed by atoms with Gasteiger partial charge in [0.25, 0.3) is 0 Å². The number of nitrogens with zero attached hydrogens (tertiary/aromatic N) is 1. The number of rotatable bonds is 2. The van der Waals surface area contributed by atoms with Gasteiger partial charge in [0.05, 0.1) is 6.42 Å².